The van der Waals surface area contributed by atoms with Crippen molar-refractivity contribution in [2.45, 2.75) is 39.2 Å². The number of alkyl halides is 2. The van der Waals surface area contributed by atoms with Gasteiger partial charge in [0.2, 0.25) is 6.43 Å². The minimum Gasteiger partial charge on any atom is -0.469 e. The van der Waals surface area contributed by atoms with E-state index >= 15 is 0 Å². The number of rotatable bonds is 6. The van der Waals surface area contributed by atoms with Crippen molar-refractivity contribution in [1.82, 2.24) is 0 Å². The van der Waals surface area contributed by atoms with E-state index in [1.807, 2.05) is 13.8 Å². The Morgan fingerprint density at radius 3 is 2.20 bits per heavy atom. The summed E-state index contributed by atoms with van der Waals surface area (Å²) in [5, 5.41) is 0. The van der Waals surface area contributed by atoms with Gasteiger partial charge >= 0.3 is 5.97 Å². The van der Waals surface area contributed by atoms with Gasteiger partial charge in [-0.3, -0.25) is 4.79 Å². The van der Waals surface area contributed by atoms with Gasteiger partial charge in [-0.15, -0.1) is 0 Å². The number of esters is 1. The Morgan fingerprint density at radius 1 is 1.33 bits per heavy atom. The van der Waals surface area contributed by atoms with Crippen LogP contribution in [0, 0.1) is 11.8 Å². The number of ether oxygens (including phenoxy) is 1. The van der Waals surface area contributed by atoms with E-state index in [1.54, 1.807) is 0 Å². The third-order valence-corrected chi connectivity index (χ3v) is 2.20. The second kappa shape index (κ2) is 6.71. The summed E-state index contributed by atoms with van der Waals surface area (Å²) >= 11 is 0. The Labute approximate surface area is 89.0 Å². The van der Waals surface area contributed by atoms with Crippen LogP contribution < -0.4 is 5.73 Å². The van der Waals surface area contributed by atoms with Crippen LogP contribution >= 0.6 is 0 Å². The molecule has 2 unspecified atom stereocenters. The normalized spacial score (nSPS) is 15.5. The van der Waals surface area contributed by atoms with Gasteiger partial charge in [0, 0.05) is 12.5 Å². The van der Waals surface area contributed by atoms with E-state index in [2.05, 4.69) is 4.74 Å². The molecule has 0 radical (unpaired) electrons. The molecule has 3 nitrogen and oxygen atoms in total. The molecule has 0 saturated heterocycles. The maximum atomic E-state index is 12.1. The number of carbonyl (C=O) groups is 1. The van der Waals surface area contributed by atoms with Gasteiger partial charge in [-0.25, -0.2) is 8.78 Å². The zero-order valence-electron chi connectivity index (χ0n) is 9.37. The predicted octanol–water partition coefficient (Wildman–Crippen LogP) is 1.80. The van der Waals surface area contributed by atoms with E-state index in [4.69, 9.17) is 5.73 Å². The fourth-order valence-corrected chi connectivity index (χ4v) is 1.48. The third-order valence-electron chi connectivity index (χ3n) is 2.20. The topological polar surface area (TPSA) is 52.3 Å². The van der Waals surface area contributed by atoms with Crippen LogP contribution in [0.3, 0.4) is 0 Å². The lowest BCUT2D eigenvalue weighted by Crippen LogP contribution is -2.38. The molecule has 0 aliphatic heterocycles. The van der Waals surface area contributed by atoms with Crippen molar-refractivity contribution in [3.8, 4) is 0 Å². The summed E-state index contributed by atoms with van der Waals surface area (Å²) in [6.45, 7) is 3.82. The summed E-state index contributed by atoms with van der Waals surface area (Å²) < 4.78 is 28.8. The van der Waals surface area contributed by atoms with E-state index in [0.717, 1.165) is 0 Å². The van der Waals surface area contributed by atoms with E-state index < -0.39 is 30.8 Å². The molecule has 0 aromatic carbocycles. The molecule has 0 amide bonds. The smallest absolute Gasteiger partial charge is 0.310 e. The fraction of sp³-hybridized carbons (Fsp3) is 0.900. The summed E-state index contributed by atoms with van der Waals surface area (Å²) in [4.78, 5) is 11.3. The molecule has 15 heavy (non-hydrogen) atoms. The van der Waals surface area contributed by atoms with Gasteiger partial charge < -0.3 is 10.5 Å². The van der Waals surface area contributed by atoms with Gasteiger partial charge in [0.15, 0.2) is 0 Å². The number of halogens is 2. The highest BCUT2D eigenvalue weighted by Gasteiger charge is 2.29. The lowest BCUT2D eigenvalue weighted by molar-refractivity contribution is -0.147. The highest BCUT2D eigenvalue weighted by Crippen LogP contribution is 2.20. The van der Waals surface area contributed by atoms with Crippen molar-refractivity contribution in [2.24, 2.45) is 17.6 Å². The van der Waals surface area contributed by atoms with Crippen LogP contribution in [0.5, 0.6) is 0 Å². The summed E-state index contributed by atoms with van der Waals surface area (Å²) in [6.07, 6.45) is -2.48. The van der Waals surface area contributed by atoms with Gasteiger partial charge in [0.05, 0.1) is 13.0 Å². The lowest BCUT2D eigenvalue weighted by Gasteiger charge is -2.22. The first-order valence-corrected chi connectivity index (χ1v) is 5.00. The first-order valence-electron chi connectivity index (χ1n) is 5.00. The second-order valence-corrected chi connectivity index (χ2v) is 4.05. The Morgan fingerprint density at radius 2 is 1.87 bits per heavy atom. The number of hydrogen-bond acceptors (Lipinski definition) is 3. The molecule has 0 aliphatic carbocycles. The zero-order valence-corrected chi connectivity index (χ0v) is 9.37. The van der Waals surface area contributed by atoms with Crippen LogP contribution in [0.25, 0.3) is 0 Å². The first kappa shape index (κ1) is 14.3. The molecular weight excluding hydrogens is 204 g/mol. The third kappa shape index (κ3) is 5.67. The van der Waals surface area contributed by atoms with Gasteiger partial charge in [0.1, 0.15) is 0 Å². The Kier molecular flexibility index (Phi) is 6.40. The number of methoxy groups -OCH3 is 1. The maximum Gasteiger partial charge on any atom is 0.310 e. The maximum absolute atomic E-state index is 12.1. The minimum atomic E-state index is -2.49. The SMILES string of the molecule is COC(=O)C(CC(C)C)C(N)CC(F)F. The molecule has 0 aromatic heterocycles. The van der Waals surface area contributed by atoms with Crippen LogP contribution in [-0.4, -0.2) is 25.5 Å². The molecule has 0 saturated carbocycles. The predicted molar refractivity (Wildman–Crippen MR) is 53.6 cm³/mol. The first-order chi connectivity index (χ1) is 6.88. The molecular formula is C10H19F2NO2. The van der Waals surface area contributed by atoms with Crippen LogP contribution in [0.15, 0.2) is 0 Å². The molecule has 2 atom stereocenters. The number of nitrogens with two attached hydrogens (primary N) is 1. The van der Waals surface area contributed by atoms with Crippen molar-refractivity contribution >= 4 is 5.97 Å². The standard InChI is InChI=1S/C10H19F2NO2/c1-6(2)4-7(10(14)15-3)8(13)5-9(11)12/h6-9H,4-5,13H2,1-3H3. The monoisotopic (exact) mass is 223 g/mol. The van der Waals surface area contributed by atoms with Gasteiger partial charge in [0.25, 0.3) is 0 Å². The van der Waals surface area contributed by atoms with Crippen LogP contribution in [0.1, 0.15) is 26.7 Å². The fourth-order valence-electron chi connectivity index (χ4n) is 1.48. The summed E-state index contributed by atoms with van der Waals surface area (Å²) in [6, 6.07) is -0.833. The van der Waals surface area contributed by atoms with Gasteiger partial charge in [-0.1, -0.05) is 13.8 Å². The summed E-state index contributed by atoms with van der Waals surface area (Å²) in [5.74, 6) is -0.918. The Bertz CT molecular complexity index is 198. The van der Waals surface area contributed by atoms with Crippen molar-refractivity contribution in [2.75, 3.05) is 7.11 Å². The molecule has 2 N–H and O–H groups in total. The number of carbonyl (C=O) groups excluding carboxylic acids is 1. The van der Waals surface area contributed by atoms with E-state index in [-0.39, 0.29) is 5.92 Å². The minimum absolute atomic E-state index is 0.220. The van der Waals surface area contributed by atoms with Crippen LogP contribution in [0.2, 0.25) is 0 Å². The molecule has 0 aromatic rings. The van der Waals surface area contributed by atoms with E-state index in [0.29, 0.717) is 6.42 Å². The van der Waals surface area contributed by atoms with Gasteiger partial charge in [-0.05, 0) is 12.3 Å². The van der Waals surface area contributed by atoms with Crippen LogP contribution in [-0.2, 0) is 9.53 Å². The second-order valence-electron chi connectivity index (χ2n) is 4.05. The highest BCUT2D eigenvalue weighted by molar-refractivity contribution is 5.73. The van der Waals surface area contributed by atoms with Gasteiger partial charge in [-0.2, -0.15) is 0 Å². The highest BCUT2D eigenvalue weighted by atomic mass is 19.3. The molecule has 5 heteroatoms. The lowest BCUT2D eigenvalue weighted by atomic mass is 9.89. The van der Waals surface area contributed by atoms with Crippen molar-refractivity contribution in [1.29, 1.82) is 0 Å². The molecule has 90 valence electrons. The Balaban J connectivity index is 4.40. The summed E-state index contributed by atoms with van der Waals surface area (Å²) in [7, 11) is 1.24. The van der Waals surface area contributed by atoms with E-state index in [9.17, 15) is 13.6 Å². The van der Waals surface area contributed by atoms with Crippen LogP contribution in [0.4, 0.5) is 8.78 Å². The van der Waals surface area contributed by atoms with Crippen molar-refractivity contribution < 1.29 is 18.3 Å². The molecule has 0 bridgehead atoms. The number of hydrogen-bond donors (Lipinski definition) is 1. The summed E-state index contributed by atoms with van der Waals surface area (Å²) in [5.41, 5.74) is 5.56. The molecule has 0 aliphatic rings. The zero-order chi connectivity index (χ0) is 12.0. The Hall–Kier alpha value is -0.710. The van der Waals surface area contributed by atoms with E-state index in [1.165, 1.54) is 7.11 Å². The molecule has 0 rings (SSSR count). The average Bonchev–Trinajstić information content (AvgIpc) is 2.11. The molecule has 0 fully saturated rings. The average molecular weight is 223 g/mol. The van der Waals surface area contributed by atoms with Crippen molar-refractivity contribution in [3.63, 3.8) is 0 Å². The largest absolute Gasteiger partial charge is 0.469 e. The molecule has 0 spiro atoms. The van der Waals surface area contributed by atoms with Crippen molar-refractivity contribution in [3.05, 3.63) is 0 Å². The quantitative estimate of drug-likeness (QED) is 0.698. The molecule has 0 heterocycles.